The Morgan fingerprint density at radius 1 is 1.25 bits per heavy atom. The SMILES string of the molecule is COc1c(Br)cc2c(c1Br)C(=O)N([C@H]1CC[C@H](COC(=O)C(F)(F)F)CC1)C2. The Bertz CT molecular complexity index is 792. The number of carbonyl (C=O) groups is 2. The number of nitrogens with zero attached hydrogens (tertiary/aromatic N) is 1. The number of hydrogen-bond donors (Lipinski definition) is 0. The molecule has 3 rings (SSSR count). The number of methoxy groups -OCH3 is 1. The van der Waals surface area contributed by atoms with E-state index in [1.807, 2.05) is 6.07 Å². The minimum atomic E-state index is -4.96. The summed E-state index contributed by atoms with van der Waals surface area (Å²) in [7, 11) is 1.53. The van der Waals surface area contributed by atoms with Crippen LogP contribution in [0.2, 0.25) is 0 Å². The maximum absolute atomic E-state index is 12.9. The molecule has 2 aliphatic rings. The minimum absolute atomic E-state index is 0.00568. The van der Waals surface area contributed by atoms with Crippen LogP contribution in [0.15, 0.2) is 15.0 Å². The first-order valence-electron chi connectivity index (χ1n) is 8.73. The zero-order valence-electron chi connectivity index (χ0n) is 14.9. The average Bonchev–Trinajstić information content (AvgIpc) is 2.96. The quantitative estimate of drug-likeness (QED) is 0.525. The van der Waals surface area contributed by atoms with Crippen molar-refractivity contribution in [3.8, 4) is 5.75 Å². The van der Waals surface area contributed by atoms with Crippen molar-refractivity contribution in [2.75, 3.05) is 13.7 Å². The molecule has 1 aliphatic heterocycles. The van der Waals surface area contributed by atoms with Gasteiger partial charge in [0.15, 0.2) is 0 Å². The highest BCUT2D eigenvalue weighted by atomic mass is 79.9. The number of alkyl halides is 3. The summed E-state index contributed by atoms with van der Waals surface area (Å²) in [4.78, 5) is 25.6. The summed E-state index contributed by atoms with van der Waals surface area (Å²) < 4.78 is 47.7. The van der Waals surface area contributed by atoms with Crippen LogP contribution in [0.3, 0.4) is 0 Å². The molecule has 0 bridgehead atoms. The van der Waals surface area contributed by atoms with E-state index in [0.717, 1.165) is 10.0 Å². The maximum atomic E-state index is 12.9. The fourth-order valence-corrected chi connectivity index (χ4v) is 5.49. The van der Waals surface area contributed by atoms with Gasteiger partial charge >= 0.3 is 12.1 Å². The molecule has 1 aromatic carbocycles. The molecular weight excluding hydrogens is 511 g/mol. The first-order valence-corrected chi connectivity index (χ1v) is 10.3. The average molecular weight is 529 g/mol. The van der Waals surface area contributed by atoms with Crippen LogP contribution in [-0.2, 0) is 16.1 Å². The van der Waals surface area contributed by atoms with E-state index in [1.54, 1.807) is 4.90 Å². The van der Waals surface area contributed by atoms with E-state index in [2.05, 4.69) is 36.6 Å². The summed E-state index contributed by atoms with van der Waals surface area (Å²) in [6.07, 6.45) is -2.45. The number of hydrogen-bond acceptors (Lipinski definition) is 4. The van der Waals surface area contributed by atoms with Crippen LogP contribution < -0.4 is 4.74 Å². The third-order valence-electron chi connectivity index (χ3n) is 5.22. The van der Waals surface area contributed by atoms with E-state index >= 15 is 0 Å². The van der Waals surface area contributed by atoms with Gasteiger partial charge in [0, 0.05) is 12.6 Å². The molecule has 5 nitrogen and oxygen atoms in total. The van der Waals surface area contributed by atoms with Gasteiger partial charge in [0.1, 0.15) is 5.75 Å². The van der Waals surface area contributed by atoms with E-state index in [1.165, 1.54) is 7.11 Å². The van der Waals surface area contributed by atoms with Gasteiger partial charge in [-0.25, -0.2) is 4.79 Å². The summed E-state index contributed by atoms with van der Waals surface area (Å²) in [6.45, 7) is 0.239. The smallest absolute Gasteiger partial charge is 0.490 e. The molecule has 1 aliphatic carbocycles. The van der Waals surface area contributed by atoms with Crippen molar-refractivity contribution < 1.29 is 32.2 Å². The molecule has 0 radical (unpaired) electrons. The number of esters is 1. The Kier molecular flexibility index (Phi) is 6.29. The maximum Gasteiger partial charge on any atom is 0.490 e. The Balaban J connectivity index is 1.61. The van der Waals surface area contributed by atoms with E-state index in [4.69, 9.17) is 4.74 Å². The topological polar surface area (TPSA) is 55.8 Å². The molecule has 0 unspecified atom stereocenters. The van der Waals surface area contributed by atoms with Gasteiger partial charge in [-0.2, -0.15) is 13.2 Å². The molecule has 28 heavy (non-hydrogen) atoms. The lowest BCUT2D eigenvalue weighted by Crippen LogP contribution is -2.39. The van der Waals surface area contributed by atoms with Crippen molar-refractivity contribution in [2.24, 2.45) is 5.92 Å². The van der Waals surface area contributed by atoms with E-state index < -0.39 is 12.1 Å². The largest absolute Gasteiger partial charge is 0.494 e. The number of fused-ring (bicyclic) bond motifs is 1. The molecule has 1 fully saturated rings. The van der Waals surface area contributed by atoms with Crippen molar-refractivity contribution in [1.82, 2.24) is 4.90 Å². The van der Waals surface area contributed by atoms with Crippen LogP contribution in [0.4, 0.5) is 13.2 Å². The van der Waals surface area contributed by atoms with E-state index in [9.17, 15) is 22.8 Å². The number of carbonyl (C=O) groups excluding carboxylic acids is 2. The van der Waals surface area contributed by atoms with Crippen molar-refractivity contribution >= 4 is 43.7 Å². The molecule has 0 aromatic heterocycles. The highest BCUT2D eigenvalue weighted by Gasteiger charge is 2.42. The molecule has 0 N–H and O–H groups in total. The number of halogens is 5. The zero-order chi connectivity index (χ0) is 20.6. The number of ether oxygens (including phenoxy) is 2. The van der Waals surface area contributed by atoms with Gasteiger partial charge in [-0.05, 0) is 75.1 Å². The molecule has 1 saturated carbocycles. The molecule has 10 heteroatoms. The summed E-state index contributed by atoms with van der Waals surface area (Å²) in [5, 5.41) is 0. The first-order chi connectivity index (χ1) is 13.1. The Morgan fingerprint density at radius 2 is 1.89 bits per heavy atom. The highest BCUT2D eigenvalue weighted by molar-refractivity contribution is 9.11. The van der Waals surface area contributed by atoms with Crippen molar-refractivity contribution in [3.63, 3.8) is 0 Å². The van der Waals surface area contributed by atoms with Crippen LogP contribution in [0, 0.1) is 5.92 Å². The Labute approximate surface area is 176 Å². The summed E-state index contributed by atoms with van der Waals surface area (Å²) in [5.74, 6) is -1.79. The number of amides is 1. The lowest BCUT2D eigenvalue weighted by atomic mass is 9.86. The van der Waals surface area contributed by atoms with Crippen LogP contribution >= 0.6 is 31.9 Å². The number of benzene rings is 1. The third kappa shape index (κ3) is 4.17. The summed E-state index contributed by atoms with van der Waals surface area (Å²) in [6, 6.07) is 1.88. The monoisotopic (exact) mass is 527 g/mol. The Morgan fingerprint density at radius 3 is 2.46 bits per heavy atom. The molecule has 0 spiro atoms. The predicted molar refractivity (Wildman–Crippen MR) is 101 cm³/mol. The standard InChI is InChI=1S/C18H18Br2F3NO4/c1-27-15-12(19)6-10-7-24(16(25)13(10)14(15)20)11-4-2-9(3-5-11)8-28-17(26)18(21,22)23/h6,9,11H,2-5,7-8H2,1H3/t9-,11-. The molecule has 1 heterocycles. The Hall–Kier alpha value is -1.29. The van der Waals surface area contributed by atoms with Crippen molar-refractivity contribution in [3.05, 3.63) is 26.1 Å². The van der Waals surface area contributed by atoms with E-state index in [-0.39, 0.29) is 24.5 Å². The second kappa shape index (κ2) is 8.22. The van der Waals surface area contributed by atoms with Crippen molar-refractivity contribution in [2.45, 2.75) is 44.4 Å². The second-order valence-corrected chi connectivity index (χ2v) is 8.59. The van der Waals surface area contributed by atoms with Gasteiger partial charge in [0.2, 0.25) is 0 Å². The summed E-state index contributed by atoms with van der Waals surface area (Å²) >= 11 is 6.89. The fourth-order valence-electron chi connectivity index (χ4n) is 3.79. The van der Waals surface area contributed by atoms with Crippen LogP contribution in [0.5, 0.6) is 5.75 Å². The minimum Gasteiger partial charge on any atom is -0.494 e. The lowest BCUT2D eigenvalue weighted by molar-refractivity contribution is -0.201. The summed E-state index contributed by atoms with van der Waals surface area (Å²) in [5.41, 5.74) is 1.48. The number of rotatable bonds is 4. The van der Waals surface area contributed by atoms with Gasteiger partial charge in [-0.3, -0.25) is 4.79 Å². The normalized spacial score (nSPS) is 22.2. The van der Waals surface area contributed by atoms with E-state index in [0.29, 0.717) is 48.0 Å². The van der Waals surface area contributed by atoms with Crippen molar-refractivity contribution in [1.29, 1.82) is 0 Å². The van der Waals surface area contributed by atoms with Gasteiger partial charge in [0.05, 0.1) is 28.2 Å². The lowest BCUT2D eigenvalue weighted by Gasteiger charge is -2.34. The van der Waals surface area contributed by atoms with Crippen LogP contribution in [0.1, 0.15) is 41.6 Å². The molecule has 0 saturated heterocycles. The molecule has 1 aromatic rings. The van der Waals surface area contributed by atoms with Crippen LogP contribution in [0.25, 0.3) is 0 Å². The van der Waals surface area contributed by atoms with Gasteiger partial charge in [-0.1, -0.05) is 0 Å². The molecule has 0 atom stereocenters. The first kappa shape index (κ1) is 21.4. The highest BCUT2D eigenvalue weighted by Crippen LogP contribution is 2.43. The molecular formula is C18H18Br2F3NO4. The van der Waals surface area contributed by atoms with Gasteiger partial charge in [0.25, 0.3) is 5.91 Å². The van der Waals surface area contributed by atoms with Crippen LogP contribution in [-0.4, -0.2) is 42.7 Å². The predicted octanol–water partition coefficient (Wildman–Crippen LogP) is 4.84. The van der Waals surface area contributed by atoms with Gasteiger partial charge in [-0.15, -0.1) is 0 Å². The fraction of sp³-hybridized carbons (Fsp3) is 0.556. The third-order valence-corrected chi connectivity index (χ3v) is 6.56. The zero-order valence-corrected chi connectivity index (χ0v) is 18.1. The molecule has 154 valence electrons. The molecule has 1 amide bonds. The van der Waals surface area contributed by atoms with Gasteiger partial charge < -0.3 is 14.4 Å². The second-order valence-electron chi connectivity index (χ2n) is 6.94.